The molecule has 0 fully saturated rings. The van der Waals surface area contributed by atoms with E-state index in [1.165, 1.54) is 6.07 Å². The summed E-state index contributed by atoms with van der Waals surface area (Å²) in [6, 6.07) is 18.8. The molecule has 0 radical (unpaired) electrons. The molecule has 1 heterocycles. The maximum atomic E-state index is 14.5. The maximum absolute atomic E-state index is 14.5. The molecular weight excluding hydrogens is 315 g/mol. The Bertz CT molecular complexity index is 898. The summed E-state index contributed by atoms with van der Waals surface area (Å²) in [4.78, 5) is 5.19. The molecule has 0 atom stereocenters. The van der Waals surface area contributed by atoms with E-state index in [2.05, 4.69) is 5.16 Å². The third-order valence-corrected chi connectivity index (χ3v) is 4.13. The molecular formula is C21H21FN2O. The number of rotatable bonds is 5. The van der Waals surface area contributed by atoms with Gasteiger partial charge in [0.15, 0.2) is 0 Å². The van der Waals surface area contributed by atoms with E-state index in [0.717, 1.165) is 28.2 Å². The summed E-state index contributed by atoms with van der Waals surface area (Å²) in [7, 11) is 0. The van der Waals surface area contributed by atoms with E-state index in [1.807, 2.05) is 67.8 Å². The van der Waals surface area contributed by atoms with Crippen molar-refractivity contribution >= 4 is 5.71 Å². The van der Waals surface area contributed by atoms with Crippen LogP contribution in [-0.4, -0.2) is 16.9 Å². The minimum atomic E-state index is -0.260. The molecule has 0 aliphatic heterocycles. The lowest BCUT2D eigenvalue weighted by atomic mass is 10.1. The van der Waals surface area contributed by atoms with Crippen LogP contribution in [0, 0.1) is 12.7 Å². The summed E-state index contributed by atoms with van der Waals surface area (Å²) in [5.74, 6) is -0.260. The highest BCUT2D eigenvalue weighted by Gasteiger charge is 2.18. The van der Waals surface area contributed by atoms with Crippen molar-refractivity contribution in [2.75, 3.05) is 6.61 Å². The summed E-state index contributed by atoms with van der Waals surface area (Å²) >= 11 is 0. The molecule has 3 nitrogen and oxygen atoms in total. The van der Waals surface area contributed by atoms with Gasteiger partial charge in [0.05, 0.1) is 17.1 Å². The number of hydrogen-bond acceptors (Lipinski definition) is 2. The van der Waals surface area contributed by atoms with E-state index in [1.54, 1.807) is 12.1 Å². The van der Waals surface area contributed by atoms with Gasteiger partial charge in [0, 0.05) is 11.3 Å². The van der Waals surface area contributed by atoms with Gasteiger partial charge in [-0.05, 0) is 44.5 Å². The largest absolute Gasteiger partial charge is 0.396 e. The number of hydrogen-bond donors (Lipinski definition) is 0. The van der Waals surface area contributed by atoms with Crippen molar-refractivity contribution in [3.8, 4) is 16.9 Å². The summed E-state index contributed by atoms with van der Waals surface area (Å²) in [6.07, 6.45) is 0. The van der Waals surface area contributed by atoms with E-state index in [9.17, 15) is 4.39 Å². The molecule has 0 amide bonds. The number of halogens is 1. The highest BCUT2D eigenvalue weighted by molar-refractivity contribution is 6.01. The Kier molecular flexibility index (Phi) is 4.98. The van der Waals surface area contributed by atoms with Gasteiger partial charge >= 0.3 is 0 Å². The van der Waals surface area contributed by atoms with Gasteiger partial charge in [-0.25, -0.2) is 4.39 Å². The first kappa shape index (κ1) is 17.0. The maximum Gasteiger partial charge on any atom is 0.147 e. The van der Waals surface area contributed by atoms with Crippen molar-refractivity contribution in [3.05, 3.63) is 77.7 Å². The first-order chi connectivity index (χ1) is 12.1. The minimum Gasteiger partial charge on any atom is -0.396 e. The molecule has 0 saturated carbocycles. The normalized spacial score (nSPS) is 11.6. The molecule has 128 valence electrons. The van der Waals surface area contributed by atoms with Crippen LogP contribution in [-0.2, 0) is 4.84 Å². The SMILES string of the molecule is CCO/N=C(/C)c1cc(-c2ccccc2)n(-c2ccccc2F)c1C. The number of oxime groups is 1. The Morgan fingerprint density at radius 2 is 1.76 bits per heavy atom. The quantitative estimate of drug-likeness (QED) is 0.455. The lowest BCUT2D eigenvalue weighted by molar-refractivity contribution is 0.159. The predicted molar refractivity (Wildman–Crippen MR) is 99.7 cm³/mol. The first-order valence-electron chi connectivity index (χ1n) is 8.33. The van der Waals surface area contributed by atoms with Crippen LogP contribution in [0.2, 0.25) is 0 Å². The van der Waals surface area contributed by atoms with Crippen molar-refractivity contribution in [1.82, 2.24) is 4.57 Å². The van der Waals surface area contributed by atoms with Gasteiger partial charge in [0.2, 0.25) is 0 Å². The van der Waals surface area contributed by atoms with Crippen LogP contribution < -0.4 is 0 Å². The minimum absolute atomic E-state index is 0.260. The molecule has 3 rings (SSSR count). The van der Waals surface area contributed by atoms with Crippen LogP contribution in [0.4, 0.5) is 4.39 Å². The zero-order chi connectivity index (χ0) is 17.8. The van der Waals surface area contributed by atoms with E-state index >= 15 is 0 Å². The third kappa shape index (κ3) is 3.33. The van der Waals surface area contributed by atoms with E-state index < -0.39 is 0 Å². The monoisotopic (exact) mass is 336 g/mol. The van der Waals surface area contributed by atoms with E-state index in [0.29, 0.717) is 12.3 Å². The molecule has 0 aliphatic rings. The van der Waals surface area contributed by atoms with E-state index in [-0.39, 0.29) is 5.82 Å². The Morgan fingerprint density at radius 1 is 1.08 bits per heavy atom. The second kappa shape index (κ2) is 7.34. The Balaban J connectivity index is 2.25. The van der Waals surface area contributed by atoms with Gasteiger partial charge in [-0.15, -0.1) is 0 Å². The second-order valence-electron chi connectivity index (χ2n) is 5.78. The molecule has 3 aromatic rings. The second-order valence-corrected chi connectivity index (χ2v) is 5.78. The fourth-order valence-electron chi connectivity index (χ4n) is 2.95. The molecule has 0 aliphatic carbocycles. The van der Waals surface area contributed by atoms with Crippen LogP contribution in [0.3, 0.4) is 0 Å². The van der Waals surface area contributed by atoms with Crippen molar-refractivity contribution in [2.24, 2.45) is 5.16 Å². The number of aromatic nitrogens is 1. The van der Waals surface area contributed by atoms with Crippen molar-refractivity contribution < 1.29 is 9.23 Å². The highest BCUT2D eigenvalue weighted by Crippen LogP contribution is 2.30. The lowest BCUT2D eigenvalue weighted by Crippen LogP contribution is -2.04. The standard InChI is InChI=1S/C21H21FN2O/c1-4-25-23-15(2)18-14-21(17-10-6-5-7-11-17)24(16(18)3)20-13-9-8-12-19(20)22/h5-14H,4H2,1-3H3/b23-15-. The Hall–Kier alpha value is -2.88. The molecule has 0 unspecified atom stereocenters. The summed E-state index contributed by atoms with van der Waals surface area (Å²) < 4.78 is 16.4. The average Bonchev–Trinajstić information content (AvgIpc) is 2.98. The zero-order valence-electron chi connectivity index (χ0n) is 14.7. The van der Waals surface area contributed by atoms with Gasteiger partial charge in [0.1, 0.15) is 12.4 Å². The number of para-hydroxylation sites is 1. The van der Waals surface area contributed by atoms with Crippen LogP contribution in [0.1, 0.15) is 25.1 Å². The fraction of sp³-hybridized carbons (Fsp3) is 0.190. The van der Waals surface area contributed by atoms with Crippen LogP contribution in [0.5, 0.6) is 0 Å². The Morgan fingerprint density at radius 3 is 2.44 bits per heavy atom. The Labute approximate surface area is 147 Å². The molecule has 0 N–H and O–H groups in total. The third-order valence-electron chi connectivity index (χ3n) is 4.13. The van der Waals surface area contributed by atoms with Crippen molar-refractivity contribution in [2.45, 2.75) is 20.8 Å². The van der Waals surface area contributed by atoms with Crippen LogP contribution in [0.25, 0.3) is 16.9 Å². The first-order valence-corrected chi connectivity index (χ1v) is 8.33. The topological polar surface area (TPSA) is 26.5 Å². The number of benzene rings is 2. The van der Waals surface area contributed by atoms with Crippen LogP contribution in [0.15, 0.2) is 65.8 Å². The van der Waals surface area contributed by atoms with Crippen molar-refractivity contribution in [3.63, 3.8) is 0 Å². The number of nitrogens with zero attached hydrogens (tertiary/aromatic N) is 2. The van der Waals surface area contributed by atoms with Gasteiger partial charge < -0.3 is 9.40 Å². The smallest absolute Gasteiger partial charge is 0.147 e. The van der Waals surface area contributed by atoms with Gasteiger partial charge in [-0.2, -0.15) is 0 Å². The molecule has 4 heteroatoms. The van der Waals surface area contributed by atoms with Gasteiger partial charge in [-0.1, -0.05) is 47.6 Å². The average molecular weight is 336 g/mol. The predicted octanol–water partition coefficient (Wildman–Crippen LogP) is 5.35. The summed E-state index contributed by atoms with van der Waals surface area (Å²) in [5, 5.41) is 4.15. The molecule has 25 heavy (non-hydrogen) atoms. The fourth-order valence-corrected chi connectivity index (χ4v) is 2.95. The zero-order valence-corrected chi connectivity index (χ0v) is 14.7. The van der Waals surface area contributed by atoms with Crippen molar-refractivity contribution in [1.29, 1.82) is 0 Å². The van der Waals surface area contributed by atoms with Crippen LogP contribution >= 0.6 is 0 Å². The molecule has 1 aromatic heterocycles. The summed E-state index contributed by atoms with van der Waals surface area (Å²) in [5.41, 5.74) is 5.09. The van der Waals surface area contributed by atoms with E-state index in [4.69, 9.17) is 4.84 Å². The highest BCUT2D eigenvalue weighted by atomic mass is 19.1. The molecule has 0 spiro atoms. The molecule has 0 bridgehead atoms. The summed E-state index contributed by atoms with van der Waals surface area (Å²) in [6.45, 7) is 6.27. The molecule has 2 aromatic carbocycles. The van der Waals surface area contributed by atoms with Gasteiger partial charge in [-0.3, -0.25) is 0 Å². The lowest BCUT2D eigenvalue weighted by Gasteiger charge is -2.13. The van der Waals surface area contributed by atoms with Gasteiger partial charge in [0.25, 0.3) is 0 Å². The molecule has 0 saturated heterocycles.